The molecular weight excluding hydrogens is 349 g/mol. The minimum Gasteiger partial charge on any atom is -0.497 e. The van der Waals surface area contributed by atoms with Crippen molar-refractivity contribution in [1.29, 1.82) is 0 Å². The summed E-state index contributed by atoms with van der Waals surface area (Å²) in [6.45, 7) is 0.0677. The summed E-state index contributed by atoms with van der Waals surface area (Å²) in [6.07, 6.45) is 0.515. The highest BCUT2D eigenvalue weighted by Gasteiger charge is 2.23. The fourth-order valence-electron chi connectivity index (χ4n) is 2.82. The van der Waals surface area contributed by atoms with E-state index in [0.717, 1.165) is 6.07 Å². The molecule has 0 amide bonds. The number of carboxylic acid groups (broad SMARTS) is 1. The van der Waals surface area contributed by atoms with Crippen molar-refractivity contribution in [3.05, 3.63) is 64.1 Å². The molecule has 1 N–H and O–H groups in total. The van der Waals surface area contributed by atoms with E-state index in [1.165, 1.54) is 23.8 Å². The van der Waals surface area contributed by atoms with Gasteiger partial charge in [0.05, 0.1) is 18.2 Å². The van der Waals surface area contributed by atoms with E-state index in [9.17, 15) is 19.1 Å². The SMILES string of the molecule is COc1ccc2c(C=O)c(C(=O)O)n(Cc3ccc(F)cc3Cl)c2c1. The lowest BCUT2D eigenvalue weighted by molar-refractivity contribution is 0.0683. The number of rotatable bonds is 5. The maximum Gasteiger partial charge on any atom is 0.353 e. The molecular formula is C18H13ClFNO4. The fraction of sp³-hybridized carbons (Fsp3) is 0.111. The highest BCUT2D eigenvalue weighted by molar-refractivity contribution is 6.31. The maximum atomic E-state index is 13.3. The minimum absolute atomic E-state index is 0.0677. The first-order valence-corrected chi connectivity index (χ1v) is 7.66. The number of aromatic carboxylic acids is 1. The zero-order chi connectivity index (χ0) is 18.1. The van der Waals surface area contributed by atoms with E-state index in [0.29, 0.717) is 28.5 Å². The number of carbonyl (C=O) groups is 2. The number of nitrogens with zero attached hydrogens (tertiary/aromatic N) is 1. The van der Waals surface area contributed by atoms with E-state index >= 15 is 0 Å². The van der Waals surface area contributed by atoms with Gasteiger partial charge < -0.3 is 14.4 Å². The Kier molecular flexibility index (Phi) is 4.46. The summed E-state index contributed by atoms with van der Waals surface area (Å²) in [4.78, 5) is 23.2. The standard InChI is InChI=1S/C18H13ClFNO4/c1-25-12-4-5-13-14(9-22)17(18(23)24)21(16(13)7-12)8-10-2-3-11(20)6-15(10)19/h2-7,9H,8H2,1H3,(H,23,24). The zero-order valence-corrected chi connectivity index (χ0v) is 13.9. The van der Waals surface area contributed by atoms with Crippen LogP contribution < -0.4 is 4.74 Å². The number of aromatic nitrogens is 1. The number of aldehydes is 1. The number of fused-ring (bicyclic) bond motifs is 1. The molecule has 0 radical (unpaired) electrons. The van der Waals surface area contributed by atoms with Gasteiger partial charge in [0.25, 0.3) is 0 Å². The zero-order valence-electron chi connectivity index (χ0n) is 13.1. The Morgan fingerprint density at radius 1 is 1.32 bits per heavy atom. The van der Waals surface area contributed by atoms with Gasteiger partial charge in [-0.3, -0.25) is 4.79 Å². The first kappa shape index (κ1) is 17.0. The molecule has 0 unspecified atom stereocenters. The Balaban J connectivity index is 2.28. The van der Waals surface area contributed by atoms with E-state index < -0.39 is 11.8 Å². The first-order chi connectivity index (χ1) is 12.0. The fourth-order valence-corrected chi connectivity index (χ4v) is 3.04. The van der Waals surface area contributed by atoms with Gasteiger partial charge in [-0.2, -0.15) is 0 Å². The molecule has 3 aromatic rings. The quantitative estimate of drug-likeness (QED) is 0.697. The van der Waals surface area contributed by atoms with Crippen molar-refractivity contribution < 1.29 is 23.8 Å². The molecule has 128 valence electrons. The Labute approximate surface area is 147 Å². The second-order valence-corrected chi connectivity index (χ2v) is 5.80. The molecule has 25 heavy (non-hydrogen) atoms. The van der Waals surface area contributed by atoms with Gasteiger partial charge in [-0.25, -0.2) is 9.18 Å². The molecule has 3 rings (SSSR count). The third-order valence-corrected chi connectivity index (χ3v) is 4.33. The molecule has 0 aliphatic heterocycles. The normalized spacial score (nSPS) is 10.8. The molecule has 0 bridgehead atoms. The average Bonchev–Trinajstić information content (AvgIpc) is 2.90. The third-order valence-electron chi connectivity index (χ3n) is 3.97. The topological polar surface area (TPSA) is 68.5 Å². The third kappa shape index (κ3) is 2.96. The van der Waals surface area contributed by atoms with E-state index in [2.05, 4.69) is 0 Å². The second-order valence-electron chi connectivity index (χ2n) is 5.39. The second kappa shape index (κ2) is 6.57. The van der Waals surface area contributed by atoms with E-state index in [4.69, 9.17) is 16.3 Å². The van der Waals surface area contributed by atoms with Gasteiger partial charge in [0.2, 0.25) is 0 Å². The Bertz CT molecular complexity index is 996. The van der Waals surface area contributed by atoms with Crippen molar-refractivity contribution in [2.75, 3.05) is 7.11 Å². The van der Waals surface area contributed by atoms with Crippen LogP contribution >= 0.6 is 11.6 Å². The molecule has 0 aliphatic carbocycles. The van der Waals surface area contributed by atoms with Gasteiger partial charge in [0, 0.05) is 23.0 Å². The van der Waals surface area contributed by atoms with Gasteiger partial charge in [0.1, 0.15) is 17.3 Å². The number of methoxy groups -OCH3 is 1. The van der Waals surface area contributed by atoms with Crippen LogP contribution in [0.1, 0.15) is 26.4 Å². The lowest BCUT2D eigenvalue weighted by atomic mass is 10.1. The van der Waals surface area contributed by atoms with Crippen molar-refractivity contribution >= 4 is 34.8 Å². The maximum absolute atomic E-state index is 13.3. The van der Waals surface area contributed by atoms with Crippen LogP contribution in [0.15, 0.2) is 36.4 Å². The molecule has 1 heterocycles. The number of hydrogen-bond acceptors (Lipinski definition) is 3. The number of ether oxygens (including phenoxy) is 1. The molecule has 1 aromatic heterocycles. The number of carboxylic acids is 1. The molecule has 0 fully saturated rings. The molecule has 0 atom stereocenters. The molecule has 2 aromatic carbocycles. The number of carbonyl (C=O) groups excluding carboxylic acids is 1. The molecule has 5 nitrogen and oxygen atoms in total. The molecule has 0 saturated carbocycles. The van der Waals surface area contributed by atoms with E-state index in [1.807, 2.05) is 0 Å². The summed E-state index contributed by atoms with van der Waals surface area (Å²) in [6, 6.07) is 8.81. The van der Waals surface area contributed by atoms with Gasteiger partial charge in [-0.15, -0.1) is 0 Å². The smallest absolute Gasteiger partial charge is 0.353 e. The van der Waals surface area contributed by atoms with E-state index in [1.54, 1.807) is 18.2 Å². The number of benzene rings is 2. The van der Waals surface area contributed by atoms with Crippen LogP contribution in [-0.4, -0.2) is 29.0 Å². The lowest BCUT2D eigenvalue weighted by Gasteiger charge is -2.11. The summed E-state index contributed by atoms with van der Waals surface area (Å²) >= 11 is 6.07. The monoisotopic (exact) mass is 361 g/mol. The number of hydrogen-bond donors (Lipinski definition) is 1. The minimum atomic E-state index is -1.24. The van der Waals surface area contributed by atoms with Gasteiger partial charge >= 0.3 is 5.97 Å². The predicted octanol–water partition coefficient (Wildman–Crippen LogP) is 4.00. The summed E-state index contributed by atoms with van der Waals surface area (Å²) < 4.78 is 19.9. The molecule has 7 heteroatoms. The van der Waals surface area contributed by atoms with Crippen LogP contribution in [0.5, 0.6) is 5.75 Å². The Morgan fingerprint density at radius 2 is 2.08 bits per heavy atom. The van der Waals surface area contributed by atoms with Crippen molar-refractivity contribution in [2.45, 2.75) is 6.54 Å². The van der Waals surface area contributed by atoms with Crippen molar-refractivity contribution in [2.24, 2.45) is 0 Å². The molecule has 0 aliphatic rings. The first-order valence-electron chi connectivity index (χ1n) is 7.29. The highest BCUT2D eigenvalue weighted by Crippen LogP contribution is 2.30. The van der Waals surface area contributed by atoms with Crippen molar-refractivity contribution in [3.8, 4) is 5.75 Å². The molecule has 0 saturated heterocycles. The Hall–Kier alpha value is -2.86. The van der Waals surface area contributed by atoms with Gasteiger partial charge in [-0.05, 0) is 29.8 Å². The number of halogens is 2. The van der Waals surface area contributed by atoms with Gasteiger partial charge in [0.15, 0.2) is 6.29 Å². The van der Waals surface area contributed by atoms with Crippen LogP contribution in [0, 0.1) is 5.82 Å². The summed E-state index contributed by atoms with van der Waals surface area (Å²) in [5.74, 6) is -1.21. The summed E-state index contributed by atoms with van der Waals surface area (Å²) in [5.41, 5.74) is 0.962. The lowest BCUT2D eigenvalue weighted by Crippen LogP contribution is -2.11. The summed E-state index contributed by atoms with van der Waals surface area (Å²) in [5, 5.41) is 10.3. The van der Waals surface area contributed by atoms with Crippen molar-refractivity contribution in [1.82, 2.24) is 4.57 Å². The van der Waals surface area contributed by atoms with Crippen LogP contribution in [0.2, 0.25) is 5.02 Å². The van der Waals surface area contributed by atoms with Crippen LogP contribution in [0.4, 0.5) is 4.39 Å². The van der Waals surface area contributed by atoms with Gasteiger partial charge in [-0.1, -0.05) is 17.7 Å². The Morgan fingerprint density at radius 3 is 2.68 bits per heavy atom. The van der Waals surface area contributed by atoms with Crippen LogP contribution in [0.3, 0.4) is 0 Å². The molecule has 0 spiro atoms. The van der Waals surface area contributed by atoms with Crippen LogP contribution in [0.25, 0.3) is 10.9 Å². The van der Waals surface area contributed by atoms with Crippen LogP contribution in [-0.2, 0) is 6.54 Å². The average molecular weight is 362 g/mol. The van der Waals surface area contributed by atoms with E-state index in [-0.39, 0.29) is 22.8 Å². The largest absolute Gasteiger partial charge is 0.497 e. The van der Waals surface area contributed by atoms with Crippen molar-refractivity contribution in [3.63, 3.8) is 0 Å². The summed E-state index contributed by atoms with van der Waals surface area (Å²) in [7, 11) is 1.49. The predicted molar refractivity (Wildman–Crippen MR) is 91.3 cm³/mol. The highest BCUT2D eigenvalue weighted by atomic mass is 35.5.